The van der Waals surface area contributed by atoms with E-state index >= 15 is 0 Å². The molecule has 0 bridgehead atoms. The predicted octanol–water partition coefficient (Wildman–Crippen LogP) is 0.0266. The molecular weight excluding hydrogens is 245 g/mol. The lowest BCUT2D eigenvalue weighted by atomic mass is 10.4. The van der Waals surface area contributed by atoms with Crippen molar-refractivity contribution in [1.82, 2.24) is 14.9 Å². The van der Waals surface area contributed by atoms with Crippen molar-refractivity contribution in [3.8, 4) is 0 Å². The molecule has 8 heteroatoms. The SMILES string of the molecule is O=C(NCc1ccco1)n1cc(F)c(=O)[nH]c1=O. The van der Waals surface area contributed by atoms with Gasteiger partial charge >= 0.3 is 11.7 Å². The summed E-state index contributed by atoms with van der Waals surface area (Å²) in [5.74, 6) is -0.746. The third-order valence-electron chi connectivity index (χ3n) is 2.11. The monoisotopic (exact) mass is 253 g/mol. The van der Waals surface area contributed by atoms with Crippen LogP contribution in [0, 0.1) is 5.82 Å². The smallest absolute Gasteiger partial charge is 0.336 e. The zero-order chi connectivity index (χ0) is 13.1. The van der Waals surface area contributed by atoms with Crippen LogP contribution in [-0.2, 0) is 6.54 Å². The highest BCUT2D eigenvalue weighted by molar-refractivity contribution is 5.76. The second-order valence-electron chi connectivity index (χ2n) is 3.34. The second-order valence-corrected chi connectivity index (χ2v) is 3.34. The lowest BCUT2D eigenvalue weighted by Crippen LogP contribution is -2.40. The molecule has 0 radical (unpaired) electrons. The number of rotatable bonds is 2. The summed E-state index contributed by atoms with van der Waals surface area (Å²) in [6.45, 7) is 0.0407. The van der Waals surface area contributed by atoms with Crippen LogP contribution < -0.4 is 16.6 Å². The molecule has 0 aliphatic carbocycles. The van der Waals surface area contributed by atoms with Gasteiger partial charge in [-0.2, -0.15) is 4.39 Å². The molecule has 0 aliphatic rings. The number of halogens is 1. The van der Waals surface area contributed by atoms with Gasteiger partial charge in [0.05, 0.1) is 19.0 Å². The molecule has 2 rings (SSSR count). The lowest BCUT2D eigenvalue weighted by Gasteiger charge is -2.04. The van der Waals surface area contributed by atoms with Gasteiger partial charge in [-0.3, -0.25) is 9.78 Å². The van der Waals surface area contributed by atoms with Gasteiger partial charge in [0.15, 0.2) is 0 Å². The van der Waals surface area contributed by atoms with E-state index in [0.29, 0.717) is 16.5 Å². The molecule has 7 nitrogen and oxygen atoms in total. The third-order valence-corrected chi connectivity index (χ3v) is 2.11. The molecule has 18 heavy (non-hydrogen) atoms. The molecule has 0 aromatic carbocycles. The Morgan fingerprint density at radius 2 is 2.28 bits per heavy atom. The van der Waals surface area contributed by atoms with Crippen molar-refractivity contribution >= 4 is 6.03 Å². The van der Waals surface area contributed by atoms with Crippen LogP contribution in [0.15, 0.2) is 38.6 Å². The summed E-state index contributed by atoms with van der Waals surface area (Å²) in [4.78, 5) is 35.2. The maximum atomic E-state index is 12.9. The van der Waals surface area contributed by atoms with Gasteiger partial charge in [0.2, 0.25) is 5.82 Å². The first-order chi connectivity index (χ1) is 8.58. The number of carbonyl (C=O) groups is 1. The molecule has 94 valence electrons. The summed E-state index contributed by atoms with van der Waals surface area (Å²) in [5.41, 5.74) is -2.19. The first kappa shape index (κ1) is 11.8. The fourth-order valence-corrected chi connectivity index (χ4v) is 1.26. The van der Waals surface area contributed by atoms with E-state index in [-0.39, 0.29) is 6.54 Å². The zero-order valence-corrected chi connectivity index (χ0v) is 8.97. The number of furan rings is 1. The lowest BCUT2D eigenvalue weighted by molar-refractivity contribution is 0.239. The van der Waals surface area contributed by atoms with Crippen molar-refractivity contribution in [2.75, 3.05) is 0 Å². The van der Waals surface area contributed by atoms with Gasteiger partial charge in [0.1, 0.15) is 5.76 Å². The number of H-pyrrole nitrogens is 1. The summed E-state index contributed by atoms with van der Waals surface area (Å²) in [6, 6.07) is 2.38. The van der Waals surface area contributed by atoms with Crippen molar-refractivity contribution in [2.24, 2.45) is 0 Å². The van der Waals surface area contributed by atoms with Crippen LogP contribution in [0.3, 0.4) is 0 Å². The van der Waals surface area contributed by atoms with Gasteiger partial charge in [-0.15, -0.1) is 0 Å². The first-order valence-corrected chi connectivity index (χ1v) is 4.90. The van der Waals surface area contributed by atoms with E-state index in [0.717, 1.165) is 0 Å². The van der Waals surface area contributed by atoms with E-state index in [1.54, 1.807) is 17.1 Å². The van der Waals surface area contributed by atoms with Crippen LogP contribution in [0.2, 0.25) is 0 Å². The Bertz CT molecular complexity index is 671. The standard InChI is InChI=1S/C10H8FN3O4/c11-7-5-14(10(17)13-8(7)15)9(16)12-4-6-2-1-3-18-6/h1-3,5H,4H2,(H,12,16)(H,13,15,17). The quantitative estimate of drug-likeness (QED) is 0.788. The highest BCUT2D eigenvalue weighted by Crippen LogP contribution is 1.98. The van der Waals surface area contributed by atoms with Crippen molar-refractivity contribution in [2.45, 2.75) is 6.54 Å². The number of hydrogen-bond acceptors (Lipinski definition) is 4. The molecule has 0 atom stereocenters. The minimum absolute atomic E-state index is 0.0407. The molecule has 2 aromatic heterocycles. The Labute approximate surface area is 98.9 Å². The van der Waals surface area contributed by atoms with Crippen LogP contribution in [0.1, 0.15) is 5.76 Å². The average molecular weight is 253 g/mol. The van der Waals surface area contributed by atoms with Crippen LogP contribution in [-0.4, -0.2) is 15.6 Å². The van der Waals surface area contributed by atoms with Gasteiger partial charge in [-0.25, -0.2) is 14.2 Å². The van der Waals surface area contributed by atoms with Crippen molar-refractivity contribution in [3.05, 3.63) is 57.0 Å². The predicted molar refractivity (Wildman–Crippen MR) is 57.6 cm³/mol. The Morgan fingerprint density at radius 1 is 1.50 bits per heavy atom. The molecule has 2 N–H and O–H groups in total. The summed E-state index contributed by atoms with van der Waals surface area (Å²) < 4.78 is 18.3. The number of hydrogen-bond donors (Lipinski definition) is 2. The van der Waals surface area contributed by atoms with Crippen LogP contribution >= 0.6 is 0 Å². The highest BCUT2D eigenvalue weighted by Gasteiger charge is 2.10. The van der Waals surface area contributed by atoms with E-state index < -0.39 is 23.1 Å². The van der Waals surface area contributed by atoms with Crippen LogP contribution in [0.4, 0.5) is 9.18 Å². The van der Waals surface area contributed by atoms with Crippen molar-refractivity contribution in [3.63, 3.8) is 0 Å². The number of nitrogens with zero attached hydrogens (tertiary/aromatic N) is 1. The number of carbonyl (C=O) groups excluding carboxylic acids is 1. The van der Waals surface area contributed by atoms with Crippen LogP contribution in [0.25, 0.3) is 0 Å². The first-order valence-electron chi connectivity index (χ1n) is 4.90. The summed E-state index contributed by atoms with van der Waals surface area (Å²) in [5, 5.41) is 2.33. The maximum Gasteiger partial charge on any atom is 0.336 e. The molecule has 0 saturated heterocycles. The number of amides is 1. The largest absolute Gasteiger partial charge is 0.467 e. The fourth-order valence-electron chi connectivity index (χ4n) is 1.26. The summed E-state index contributed by atoms with van der Waals surface area (Å²) in [7, 11) is 0. The average Bonchev–Trinajstić information content (AvgIpc) is 2.84. The highest BCUT2D eigenvalue weighted by atomic mass is 19.1. The molecule has 0 saturated carbocycles. The normalized spacial score (nSPS) is 10.3. The summed E-state index contributed by atoms with van der Waals surface area (Å²) >= 11 is 0. The van der Waals surface area contributed by atoms with Crippen molar-refractivity contribution < 1.29 is 13.6 Å². The van der Waals surface area contributed by atoms with Gasteiger partial charge in [-0.1, -0.05) is 0 Å². The zero-order valence-electron chi connectivity index (χ0n) is 8.97. The topological polar surface area (TPSA) is 97.1 Å². The van der Waals surface area contributed by atoms with Crippen LogP contribution in [0.5, 0.6) is 0 Å². The van der Waals surface area contributed by atoms with Gasteiger partial charge in [-0.05, 0) is 12.1 Å². The molecule has 2 aromatic rings. The Hall–Kier alpha value is -2.64. The molecule has 0 unspecified atom stereocenters. The minimum Gasteiger partial charge on any atom is -0.467 e. The molecule has 2 heterocycles. The van der Waals surface area contributed by atoms with Gasteiger partial charge < -0.3 is 9.73 Å². The number of nitrogens with one attached hydrogen (secondary N) is 2. The fraction of sp³-hybridized carbons (Fsp3) is 0.100. The summed E-state index contributed by atoms with van der Waals surface area (Å²) in [6.07, 6.45) is 1.95. The maximum absolute atomic E-state index is 12.9. The van der Waals surface area contributed by atoms with E-state index in [2.05, 4.69) is 5.32 Å². The van der Waals surface area contributed by atoms with Gasteiger partial charge in [0, 0.05) is 0 Å². The molecule has 0 aliphatic heterocycles. The molecule has 0 fully saturated rings. The van der Waals surface area contributed by atoms with E-state index in [4.69, 9.17) is 4.42 Å². The number of aromatic amines is 1. The molecule has 1 amide bonds. The third kappa shape index (κ3) is 2.37. The van der Waals surface area contributed by atoms with Gasteiger partial charge in [0.25, 0.3) is 5.56 Å². The molecule has 0 spiro atoms. The Kier molecular flexibility index (Phi) is 3.09. The Balaban J connectivity index is 2.17. The minimum atomic E-state index is -1.22. The Morgan fingerprint density at radius 3 is 2.94 bits per heavy atom. The van der Waals surface area contributed by atoms with E-state index in [1.807, 2.05) is 0 Å². The van der Waals surface area contributed by atoms with Crippen molar-refractivity contribution in [1.29, 1.82) is 0 Å². The molecular formula is C10H8FN3O4. The van der Waals surface area contributed by atoms with E-state index in [9.17, 15) is 18.8 Å². The van der Waals surface area contributed by atoms with E-state index in [1.165, 1.54) is 6.26 Å². The number of aromatic nitrogens is 2. The second kappa shape index (κ2) is 4.70.